The lowest BCUT2D eigenvalue weighted by Gasteiger charge is -2.15. The van der Waals surface area contributed by atoms with Crippen LogP contribution in [-0.4, -0.2) is 10.2 Å². The predicted molar refractivity (Wildman–Crippen MR) is 79.7 cm³/mol. The molecule has 19 heavy (non-hydrogen) atoms. The van der Waals surface area contributed by atoms with Crippen molar-refractivity contribution >= 4 is 5.57 Å². The zero-order chi connectivity index (χ0) is 12.9. The average molecular weight is 254 g/mol. The molecule has 2 aliphatic rings. The lowest BCUT2D eigenvalue weighted by atomic mass is 9.91. The predicted octanol–water partition coefficient (Wildman–Crippen LogP) is 4.43. The van der Waals surface area contributed by atoms with Crippen molar-refractivity contribution < 1.29 is 0 Å². The zero-order valence-electron chi connectivity index (χ0n) is 11.4. The highest BCUT2D eigenvalue weighted by atomic mass is 15.1. The SMILES string of the molecule is C1=CCC(CCc2cn[nH]c2C2=CCCCC2)C=C1. The number of allylic oxidation sites excluding steroid dienone is 6. The lowest BCUT2D eigenvalue weighted by Crippen LogP contribution is -2.02. The van der Waals surface area contributed by atoms with E-state index in [-0.39, 0.29) is 0 Å². The van der Waals surface area contributed by atoms with E-state index in [4.69, 9.17) is 0 Å². The van der Waals surface area contributed by atoms with Gasteiger partial charge in [0, 0.05) is 0 Å². The van der Waals surface area contributed by atoms with Gasteiger partial charge in [-0.05, 0) is 62.0 Å². The van der Waals surface area contributed by atoms with Gasteiger partial charge in [0.25, 0.3) is 0 Å². The van der Waals surface area contributed by atoms with Crippen molar-refractivity contribution in [3.8, 4) is 0 Å². The topological polar surface area (TPSA) is 28.7 Å². The Kier molecular flexibility index (Phi) is 3.97. The van der Waals surface area contributed by atoms with Crippen LogP contribution >= 0.6 is 0 Å². The molecule has 100 valence electrons. The molecule has 0 amide bonds. The molecule has 3 rings (SSSR count). The number of H-pyrrole nitrogens is 1. The van der Waals surface area contributed by atoms with Crippen LogP contribution < -0.4 is 0 Å². The molecule has 0 fully saturated rings. The van der Waals surface area contributed by atoms with Crippen LogP contribution in [0.3, 0.4) is 0 Å². The average Bonchev–Trinajstić information content (AvgIpc) is 2.95. The molecular weight excluding hydrogens is 232 g/mol. The number of aromatic amines is 1. The molecule has 0 radical (unpaired) electrons. The first kappa shape index (κ1) is 12.5. The number of aryl methyl sites for hydroxylation is 1. The fourth-order valence-electron chi connectivity index (χ4n) is 3.03. The van der Waals surface area contributed by atoms with Crippen LogP contribution in [0.4, 0.5) is 0 Å². The summed E-state index contributed by atoms with van der Waals surface area (Å²) < 4.78 is 0. The fourth-order valence-corrected chi connectivity index (χ4v) is 3.03. The highest BCUT2D eigenvalue weighted by molar-refractivity contribution is 5.65. The van der Waals surface area contributed by atoms with Crippen LogP contribution in [0.25, 0.3) is 5.57 Å². The molecule has 0 aromatic carbocycles. The molecule has 2 heteroatoms. The standard InChI is InChI=1S/C17H22N2/c1-3-7-14(8-4-1)11-12-16-13-18-19-17(16)15-9-5-2-6-10-15/h1,3-4,7,9,13-14H,2,5-6,8,10-12H2,(H,18,19). The van der Waals surface area contributed by atoms with Gasteiger partial charge in [-0.1, -0.05) is 30.4 Å². The first-order valence-electron chi connectivity index (χ1n) is 7.48. The molecule has 1 aromatic heterocycles. The van der Waals surface area contributed by atoms with E-state index in [1.807, 2.05) is 6.20 Å². The molecule has 1 aromatic rings. The van der Waals surface area contributed by atoms with Crippen molar-refractivity contribution in [3.05, 3.63) is 47.8 Å². The van der Waals surface area contributed by atoms with Crippen LogP contribution in [0.2, 0.25) is 0 Å². The van der Waals surface area contributed by atoms with Crippen LogP contribution in [0.1, 0.15) is 49.8 Å². The maximum absolute atomic E-state index is 4.26. The highest BCUT2D eigenvalue weighted by Gasteiger charge is 2.14. The number of rotatable bonds is 4. The second kappa shape index (κ2) is 6.05. The summed E-state index contributed by atoms with van der Waals surface area (Å²) in [7, 11) is 0. The molecule has 1 atom stereocenters. The monoisotopic (exact) mass is 254 g/mol. The first-order valence-corrected chi connectivity index (χ1v) is 7.48. The molecular formula is C17H22N2. The summed E-state index contributed by atoms with van der Waals surface area (Å²) in [6.45, 7) is 0. The first-order chi connectivity index (χ1) is 9.43. The Balaban J connectivity index is 1.65. The van der Waals surface area contributed by atoms with Gasteiger partial charge in [0.1, 0.15) is 0 Å². The Hall–Kier alpha value is -1.57. The van der Waals surface area contributed by atoms with E-state index in [0.717, 1.165) is 6.42 Å². The molecule has 2 aliphatic carbocycles. The second-order valence-corrected chi connectivity index (χ2v) is 5.59. The minimum Gasteiger partial charge on any atom is -0.278 e. The number of hydrogen-bond donors (Lipinski definition) is 1. The summed E-state index contributed by atoms with van der Waals surface area (Å²) in [5.41, 5.74) is 4.18. The fraction of sp³-hybridized carbons (Fsp3) is 0.471. The number of aromatic nitrogens is 2. The molecule has 1 N–H and O–H groups in total. The van der Waals surface area contributed by atoms with Crippen LogP contribution in [0.15, 0.2) is 36.6 Å². The molecule has 1 unspecified atom stereocenters. The van der Waals surface area contributed by atoms with Gasteiger partial charge in [-0.25, -0.2) is 0 Å². The number of hydrogen-bond acceptors (Lipinski definition) is 1. The van der Waals surface area contributed by atoms with Crippen molar-refractivity contribution in [2.45, 2.75) is 44.9 Å². The molecule has 2 nitrogen and oxygen atoms in total. The van der Waals surface area contributed by atoms with Crippen LogP contribution in [0.5, 0.6) is 0 Å². The lowest BCUT2D eigenvalue weighted by molar-refractivity contribution is 0.594. The molecule has 0 saturated carbocycles. The van der Waals surface area contributed by atoms with Crippen LogP contribution in [-0.2, 0) is 6.42 Å². The Morgan fingerprint density at radius 1 is 1.26 bits per heavy atom. The van der Waals surface area contributed by atoms with Crippen molar-refractivity contribution in [1.29, 1.82) is 0 Å². The largest absolute Gasteiger partial charge is 0.278 e. The van der Waals surface area contributed by atoms with E-state index >= 15 is 0 Å². The molecule has 1 heterocycles. The van der Waals surface area contributed by atoms with Gasteiger partial charge < -0.3 is 0 Å². The van der Waals surface area contributed by atoms with Crippen molar-refractivity contribution in [2.75, 3.05) is 0 Å². The van der Waals surface area contributed by atoms with Gasteiger partial charge in [-0.3, -0.25) is 5.10 Å². The minimum absolute atomic E-state index is 0.702. The van der Waals surface area contributed by atoms with E-state index in [9.17, 15) is 0 Å². The van der Waals surface area contributed by atoms with Crippen molar-refractivity contribution in [2.24, 2.45) is 5.92 Å². The highest BCUT2D eigenvalue weighted by Crippen LogP contribution is 2.29. The van der Waals surface area contributed by atoms with Gasteiger partial charge in [-0.15, -0.1) is 0 Å². The van der Waals surface area contributed by atoms with Crippen molar-refractivity contribution in [1.82, 2.24) is 10.2 Å². The molecule has 0 spiro atoms. The second-order valence-electron chi connectivity index (χ2n) is 5.59. The van der Waals surface area contributed by atoms with E-state index in [1.165, 1.54) is 55.4 Å². The number of nitrogens with zero attached hydrogens (tertiary/aromatic N) is 1. The van der Waals surface area contributed by atoms with Crippen LogP contribution in [0, 0.1) is 5.92 Å². The molecule has 0 aliphatic heterocycles. The van der Waals surface area contributed by atoms with Crippen molar-refractivity contribution in [3.63, 3.8) is 0 Å². The van der Waals surface area contributed by atoms with E-state index in [2.05, 4.69) is 40.6 Å². The van der Waals surface area contributed by atoms with Gasteiger partial charge in [-0.2, -0.15) is 5.10 Å². The quantitative estimate of drug-likeness (QED) is 0.846. The van der Waals surface area contributed by atoms with Gasteiger partial charge in [0.2, 0.25) is 0 Å². The van der Waals surface area contributed by atoms with Gasteiger partial charge in [0.05, 0.1) is 11.9 Å². The summed E-state index contributed by atoms with van der Waals surface area (Å²) in [5.74, 6) is 0.702. The number of nitrogens with one attached hydrogen (secondary N) is 1. The maximum Gasteiger partial charge on any atom is 0.0638 e. The smallest absolute Gasteiger partial charge is 0.0638 e. The minimum atomic E-state index is 0.702. The summed E-state index contributed by atoms with van der Waals surface area (Å²) in [6.07, 6.45) is 22.0. The summed E-state index contributed by atoms with van der Waals surface area (Å²) in [6, 6.07) is 0. The van der Waals surface area contributed by atoms with E-state index < -0.39 is 0 Å². The van der Waals surface area contributed by atoms with E-state index in [0.29, 0.717) is 5.92 Å². The maximum atomic E-state index is 4.26. The third-order valence-corrected chi connectivity index (χ3v) is 4.18. The normalized spacial score (nSPS) is 22.5. The molecule has 0 bridgehead atoms. The van der Waals surface area contributed by atoms with E-state index in [1.54, 1.807) is 0 Å². The Morgan fingerprint density at radius 3 is 3.05 bits per heavy atom. The summed E-state index contributed by atoms with van der Waals surface area (Å²) >= 11 is 0. The third kappa shape index (κ3) is 3.06. The Labute approximate surface area is 115 Å². The van der Waals surface area contributed by atoms with Gasteiger partial charge >= 0.3 is 0 Å². The summed E-state index contributed by atoms with van der Waals surface area (Å²) in [5, 5.41) is 7.48. The molecule has 0 saturated heterocycles. The summed E-state index contributed by atoms with van der Waals surface area (Å²) in [4.78, 5) is 0. The van der Waals surface area contributed by atoms with Gasteiger partial charge in [0.15, 0.2) is 0 Å². The zero-order valence-corrected chi connectivity index (χ0v) is 11.4. The third-order valence-electron chi connectivity index (χ3n) is 4.18. The Morgan fingerprint density at radius 2 is 2.26 bits per heavy atom. The Bertz CT molecular complexity index is 505.